The second-order valence-electron chi connectivity index (χ2n) is 7.18. The Kier molecular flexibility index (Phi) is 5.13. The fraction of sp³-hybridized carbons (Fsp3) is 0.333. The van der Waals surface area contributed by atoms with Gasteiger partial charge in [-0.25, -0.2) is 4.79 Å². The number of carbonyl (C=O) groups is 2. The lowest BCUT2D eigenvalue weighted by molar-refractivity contribution is -0.118. The minimum atomic E-state index is -0.104. The first-order valence-electron chi connectivity index (χ1n) is 9.47. The molecular formula is C21H23ClN4O2. The van der Waals surface area contributed by atoms with Crippen LogP contribution in [0.15, 0.2) is 42.5 Å². The molecule has 0 aliphatic carbocycles. The van der Waals surface area contributed by atoms with Crippen LogP contribution in [0, 0.1) is 0 Å². The van der Waals surface area contributed by atoms with E-state index < -0.39 is 0 Å². The maximum Gasteiger partial charge on any atom is 0.321 e. The standard InChI is InChI=1S/C21H23ClN4O2/c1-24-19-7-6-18(13-15(19)5-8-20(24)27)25-9-11-26(12-10-25)21(28)23-17-4-2-3-16(22)14-17/h2-4,6-7,13-14H,5,8-12H2,1H3,(H,23,28). The van der Waals surface area contributed by atoms with E-state index in [1.165, 1.54) is 5.56 Å². The molecule has 0 unspecified atom stereocenters. The van der Waals surface area contributed by atoms with E-state index in [2.05, 4.69) is 22.3 Å². The number of nitrogens with one attached hydrogen (secondary N) is 1. The van der Waals surface area contributed by atoms with E-state index in [0.29, 0.717) is 30.2 Å². The molecule has 1 fully saturated rings. The second-order valence-corrected chi connectivity index (χ2v) is 7.62. The van der Waals surface area contributed by atoms with Crippen LogP contribution in [0.1, 0.15) is 12.0 Å². The number of hydrogen-bond acceptors (Lipinski definition) is 3. The lowest BCUT2D eigenvalue weighted by Crippen LogP contribution is -2.50. The maximum absolute atomic E-state index is 12.5. The summed E-state index contributed by atoms with van der Waals surface area (Å²) >= 11 is 5.98. The van der Waals surface area contributed by atoms with Gasteiger partial charge in [-0.15, -0.1) is 0 Å². The SMILES string of the molecule is CN1C(=O)CCc2cc(N3CCN(C(=O)Nc4cccc(Cl)c4)CC3)ccc21. The molecule has 2 aromatic rings. The van der Waals surface area contributed by atoms with Gasteiger partial charge in [0.2, 0.25) is 5.91 Å². The van der Waals surface area contributed by atoms with Crippen LogP contribution in [0.25, 0.3) is 0 Å². The first-order chi connectivity index (χ1) is 13.5. The van der Waals surface area contributed by atoms with Crippen LogP contribution in [0.3, 0.4) is 0 Å². The van der Waals surface area contributed by atoms with E-state index in [4.69, 9.17) is 11.6 Å². The number of piperazine rings is 1. The van der Waals surface area contributed by atoms with Crippen LogP contribution in [0.2, 0.25) is 5.02 Å². The van der Waals surface area contributed by atoms with E-state index >= 15 is 0 Å². The summed E-state index contributed by atoms with van der Waals surface area (Å²) in [6.07, 6.45) is 1.35. The van der Waals surface area contributed by atoms with Crippen molar-refractivity contribution in [3.05, 3.63) is 53.1 Å². The van der Waals surface area contributed by atoms with Crippen LogP contribution in [0.4, 0.5) is 21.9 Å². The number of amides is 3. The summed E-state index contributed by atoms with van der Waals surface area (Å²) in [5, 5.41) is 3.50. The van der Waals surface area contributed by atoms with Gasteiger partial charge in [-0.2, -0.15) is 0 Å². The molecule has 28 heavy (non-hydrogen) atoms. The van der Waals surface area contributed by atoms with Crippen molar-refractivity contribution in [2.24, 2.45) is 0 Å². The number of anilines is 3. The lowest BCUT2D eigenvalue weighted by Gasteiger charge is -2.37. The third kappa shape index (κ3) is 3.78. The van der Waals surface area contributed by atoms with E-state index in [1.54, 1.807) is 17.0 Å². The van der Waals surface area contributed by atoms with Crippen molar-refractivity contribution in [1.29, 1.82) is 0 Å². The molecule has 0 aromatic heterocycles. The highest BCUT2D eigenvalue weighted by molar-refractivity contribution is 6.30. The summed E-state index contributed by atoms with van der Waals surface area (Å²) in [5.41, 5.74) is 4.06. The van der Waals surface area contributed by atoms with E-state index in [1.807, 2.05) is 30.1 Å². The predicted octanol–water partition coefficient (Wildman–Crippen LogP) is 3.60. The van der Waals surface area contributed by atoms with Crippen molar-refractivity contribution in [2.45, 2.75) is 12.8 Å². The Morgan fingerprint density at radius 2 is 1.82 bits per heavy atom. The van der Waals surface area contributed by atoms with Crippen LogP contribution >= 0.6 is 11.6 Å². The van der Waals surface area contributed by atoms with Crippen molar-refractivity contribution in [1.82, 2.24) is 4.90 Å². The number of benzene rings is 2. The molecule has 7 heteroatoms. The van der Waals surface area contributed by atoms with Crippen LogP contribution in [-0.4, -0.2) is 50.1 Å². The molecule has 6 nitrogen and oxygen atoms in total. The lowest BCUT2D eigenvalue weighted by atomic mass is 10.0. The normalized spacial score (nSPS) is 16.8. The Labute approximate surface area is 169 Å². The number of carbonyl (C=O) groups excluding carboxylic acids is 2. The van der Waals surface area contributed by atoms with Gasteiger partial charge < -0.3 is 20.0 Å². The molecule has 0 saturated carbocycles. The molecule has 0 radical (unpaired) electrons. The molecule has 2 heterocycles. The molecule has 2 aromatic carbocycles. The van der Waals surface area contributed by atoms with Crippen molar-refractivity contribution < 1.29 is 9.59 Å². The molecular weight excluding hydrogens is 376 g/mol. The summed E-state index contributed by atoms with van der Waals surface area (Å²) in [5.74, 6) is 0.166. The average molecular weight is 399 g/mol. The predicted molar refractivity (Wildman–Crippen MR) is 112 cm³/mol. The quantitative estimate of drug-likeness (QED) is 0.840. The van der Waals surface area contributed by atoms with Crippen LogP contribution in [-0.2, 0) is 11.2 Å². The van der Waals surface area contributed by atoms with Crippen molar-refractivity contribution in [3.63, 3.8) is 0 Å². The van der Waals surface area contributed by atoms with Crippen molar-refractivity contribution in [2.75, 3.05) is 48.3 Å². The topological polar surface area (TPSA) is 55.9 Å². The smallest absolute Gasteiger partial charge is 0.321 e. The van der Waals surface area contributed by atoms with Crippen molar-refractivity contribution in [3.8, 4) is 0 Å². The zero-order valence-corrected chi connectivity index (χ0v) is 16.6. The van der Waals surface area contributed by atoms with Gasteiger partial charge in [-0.1, -0.05) is 17.7 Å². The Bertz CT molecular complexity index is 909. The van der Waals surface area contributed by atoms with Crippen LogP contribution < -0.4 is 15.1 Å². The highest BCUT2D eigenvalue weighted by Crippen LogP contribution is 2.31. The summed E-state index contributed by atoms with van der Waals surface area (Å²) in [6, 6.07) is 13.3. The zero-order valence-electron chi connectivity index (χ0n) is 15.8. The van der Waals surface area contributed by atoms with Gasteiger partial charge in [0, 0.05) is 61.7 Å². The number of aryl methyl sites for hydroxylation is 1. The molecule has 1 N–H and O–H groups in total. The average Bonchev–Trinajstić information content (AvgIpc) is 2.71. The monoisotopic (exact) mass is 398 g/mol. The molecule has 4 rings (SSSR count). The third-order valence-corrected chi connectivity index (χ3v) is 5.65. The fourth-order valence-corrected chi connectivity index (χ4v) is 3.97. The Morgan fingerprint density at radius 1 is 1.04 bits per heavy atom. The van der Waals surface area contributed by atoms with Gasteiger partial charge in [0.25, 0.3) is 0 Å². The van der Waals surface area contributed by atoms with Gasteiger partial charge in [0.15, 0.2) is 0 Å². The number of hydrogen-bond donors (Lipinski definition) is 1. The second kappa shape index (κ2) is 7.72. The highest BCUT2D eigenvalue weighted by atomic mass is 35.5. The van der Waals surface area contributed by atoms with Crippen molar-refractivity contribution >= 4 is 40.6 Å². The molecule has 0 atom stereocenters. The number of halogens is 1. The molecule has 0 bridgehead atoms. The van der Waals surface area contributed by atoms with E-state index in [0.717, 1.165) is 30.9 Å². The number of rotatable bonds is 2. The van der Waals surface area contributed by atoms with Gasteiger partial charge in [-0.3, -0.25) is 4.79 Å². The summed E-state index contributed by atoms with van der Waals surface area (Å²) in [6.45, 7) is 2.86. The number of nitrogens with zero attached hydrogens (tertiary/aromatic N) is 3. The minimum absolute atomic E-state index is 0.104. The molecule has 146 valence electrons. The largest absolute Gasteiger partial charge is 0.368 e. The van der Waals surface area contributed by atoms with Gasteiger partial charge in [0.1, 0.15) is 0 Å². The highest BCUT2D eigenvalue weighted by Gasteiger charge is 2.24. The number of urea groups is 1. The minimum Gasteiger partial charge on any atom is -0.368 e. The third-order valence-electron chi connectivity index (χ3n) is 5.41. The van der Waals surface area contributed by atoms with Gasteiger partial charge in [0.05, 0.1) is 0 Å². The molecule has 1 saturated heterocycles. The summed E-state index contributed by atoms with van der Waals surface area (Å²) < 4.78 is 0. The van der Waals surface area contributed by atoms with Crippen LogP contribution in [0.5, 0.6) is 0 Å². The molecule has 3 amide bonds. The van der Waals surface area contributed by atoms with Gasteiger partial charge in [-0.05, 0) is 48.4 Å². The maximum atomic E-state index is 12.5. The van der Waals surface area contributed by atoms with E-state index in [-0.39, 0.29) is 11.9 Å². The Balaban J connectivity index is 1.38. The first-order valence-corrected chi connectivity index (χ1v) is 9.85. The molecule has 0 spiro atoms. The van der Waals surface area contributed by atoms with Gasteiger partial charge >= 0.3 is 6.03 Å². The Morgan fingerprint density at radius 3 is 2.57 bits per heavy atom. The van der Waals surface area contributed by atoms with E-state index in [9.17, 15) is 9.59 Å². The molecule has 2 aliphatic rings. The molecule has 2 aliphatic heterocycles. The zero-order chi connectivity index (χ0) is 19.7. The Hall–Kier alpha value is -2.73. The fourth-order valence-electron chi connectivity index (χ4n) is 3.78. The summed E-state index contributed by atoms with van der Waals surface area (Å²) in [7, 11) is 1.83. The summed E-state index contributed by atoms with van der Waals surface area (Å²) in [4.78, 5) is 30.2. The first kappa shape index (κ1) is 18.6. The number of fused-ring (bicyclic) bond motifs is 1.